The van der Waals surface area contributed by atoms with Gasteiger partial charge in [0.05, 0.1) is 22.0 Å². The first-order valence-corrected chi connectivity index (χ1v) is 12.4. The first-order valence-electron chi connectivity index (χ1n) is 10.6. The molecule has 32 heavy (non-hydrogen) atoms. The third kappa shape index (κ3) is 6.31. The number of nitrogens with zero attached hydrogens (tertiary/aromatic N) is 1. The van der Waals surface area contributed by atoms with Crippen molar-refractivity contribution in [2.24, 2.45) is 0 Å². The van der Waals surface area contributed by atoms with E-state index in [1.807, 2.05) is 31.2 Å². The summed E-state index contributed by atoms with van der Waals surface area (Å²) in [4.78, 5) is 24.4. The van der Waals surface area contributed by atoms with Crippen molar-refractivity contribution in [3.8, 4) is 0 Å². The van der Waals surface area contributed by atoms with E-state index < -0.39 is 16.0 Å². The number of hydrogen-bond acceptors (Lipinski definition) is 5. The molecule has 1 heterocycles. The third-order valence-corrected chi connectivity index (χ3v) is 7.50. The fraction of sp³-hybridized carbons (Fsp3) is 0.391. The number of hydrogen-bond donors (Lipinski definition) is 1. The van der Waals surface area contributed by atoms with Crippen LogP contribution < -0.4 is 5.32 Å². The predicted octanol–water partition coefficient (Wildman–Crippen LogP) is 3.34. The van der Waals surface area contributed by atoms with Crippen molar-refractivity contribution in [3.05, 3.63) is 64.2 Å². The van der Waals surface area contributed by atoms with E-state index in [0.717, 1.165) is 18.4 Å². The van der Waals surface area contributed by atoms with Crippen molar-refractivity contribution in [3.63, 3.8) is 0 Å². The van der Waals surface area contributed by atoms with Crippen molar-refractivity contribution in [1.82, 2.24) is 9.62 Å². The van der Waals surface area contributed by atoms with Crippen LogP contribution >= 0.6 is 11.6 Å². The zero-order valence-electron chi connectivity index (χ0n) is 18.0. The molecule has 1 fully saturated rings. The molecule has 1 saturated heterocycles. The van der Waals surface area contributed by atoms with Crippen LogP contribution in [0.25, 0.3) is 0 Å². The number of aryl methyl sites for hydroxylation is 2. The summed E-state index contributed by atoms with van der Waals surface area (Å²) in [5.74, 6) is -0.874. The predicted molar refractivity (Wildman–Crippen MR) is 122 cm³/mol. The van der Waals surface area contributed by atoms with Gasteiger partial charge >= 0.3 is 5.97 Å². The molecular weight excluding hydrogens is 452 g/mol. The summed E-state index contributed by atoms with van der Waals surface area (Å²) in [6, 6.07) is 12.0. The Bertz CT molecular complexity index is 1060. The minimum atomic E-state index is -3.67. The Labute approximate surface area is 193 Å². The van der Waals surface area contributed by atoms with Gasteiger partial charge in [-0.2, -0.15) is 4.31 Å². The maximum Gasteiger partial charge on any atom is 0.339 e. The van der Waals surface area contributed by atoms with Crippen molar-refractivity contribution in [2.45, 2.75) is 37.5 Å². The van der Waals surface area contributed by atoms with E-state index in [1.54, 1.807) is 0 Å². The molecule has 7 nitrogen and oxygen atoms in total. The number of amides is 1. The van der Waals surface area contributed by atoms with Crippen LogP contribution in [0.4, 0.5) is 0 Å². The standard InChI is InChI=1S/C23H27ClN2O5S/c1-17-4-6-18(7-5-17)8-11-22(27)25-12-15-31-23(28)20-16-19(9-10-21(20)24)32(29,30)26-13-2-3-14-26/h4-7,9-10,16H,2-3,8,11-15H2,1H3,(H,25,27). The van der Waals surface area contributed by atoms with Gasteiger partial charge in [0.2, 0.25) is 15.9 Å². The third-order valence-electron chi connectivity index (χ3n) is 5.28. The Balaban J connectivity index is 1.48. The molecule has 2 aromatic carbocycles. The van der Waals surface area contributed by atoms with E-state index in [0.29, 0.717) is 25.9 Å². The minimum Gasteiger partial charge on any atom is -0.460 e. The Morgan fingerprint density at radius 3 is 2.47 bits per heavy atom. The molecule has 2 aromatic rings. The van der Waals surface area contributed by atoms with Gasteiger partial charge in [-0.05, 0) is 49.9 Å². The molecule has 0 atom stereocenters. The Kier molecular flexibility index (Phi) is 8.28. The highest BCUT2D eigenvalue weighted by Gasteiger charge is 2.28. The Hall–Kier alpha value is -2.42. The fourth-order valence-electron chi connectivity index (χ4n) is 3.41. The highest BCUT2D eigenvalue weighted by molar-refractivity contribution is 7.89. The van der Waals surface area contributed by atoms with Crippen LogP contribution in [0.15, 0.2) is 47.4 Å². The van der Waals surface area contributed by atoms with Crippen LogP contribution in [0.5, 0.6) is 0 Å². The number of benzene rings is 2. The molecule has 0 aromatic heterocycles. The molecule has 0 bridgehead atoms. The molecule has 9 heteroatoms. The average Bonchev–Trinajstić information content (AvgIpc) is 3.32. The number of carbonyl (C=O) groups is 2. The molecule has 1 N–H and O–H groups in total. The molecule has 0 saturated carbocycles. The van der Waals surface area contributed by atoms with Crippen molar-refractivity contribution in [1.29, 1.82) is 0 Å². The normalized spacial score (nSPS) is 14.3. The number of sulfonamides is 1. The largest absolute Gasteiger partial charge is 0.460 e. The second kappa shape index (κ2) is 10.9. The van der Waals surface area contributed by atoms with Crippen molar-refractivity contribution >= 4 is 33.5 Å². The lowest BCUT2D eigenvalue weighted by molar-refractivity contribution is -0.121. The van der Waals surface area contributed by atoms with Gasteiger partial charge in [0.15, 0.2) is 0 Å². The van der Waals surface area contributed by atoms with Crippen molar-refractivity contribution < 1.29 is 22.7 Å². The van der Waals surface area contributed by atoms with Gasteiger partial charge in [-0.1, -0.05) is 41.4 Å². The highest BCUT2D eigenvalue weighted by atomic mass is 35.5. The second-order valence-corrected chi connectivity index (χ2v) is 10.1. The first kappa shape index (κ1) is 24.2. The second-order valence-electron chi connectivity index (χ2n) is 7.72. The summed E-state index contributed by atoms with van der Waals surface area (Å²) in [6.07, 6.45) is 2.59. The molecular formula is C23H27ClN2O5S. The number of carbonyl (C=O) groups excluding carboxylic acids is 2. The number of ether oxygens (including phenoxy) is 1. The fourth-order valence-corrected chi connectivity index (χ4v) is 5.15. The highest BCUT2D eigenvalue weighted by Crippen LogP contribution is 2.25. The summed E-state index contributed by atoms with van der Waals surface area (Å²) in [5, 5.41) is 2.82. The molecule has 1 aliphatic rings. The summed E-state index contributed by atoms with van der Waals surface area (Å²) in [6.45, 7) is 3.05. The van der Waals surface area contributed by atoms with Gasteiger partial charge in [0, 0.05) is 19.5 Å². The van der Waals surface area contributed by atoms with E-state index in [4.69, 9.17) is 16.3 Å². The molecule has 0 spiro atoms. The number of halogens is 1. The smallest absolute Gasteiger partial charge is 0.339 e. The van der Waals surface area contributed by atoms with Gasteiger partial charge in [-0.25, -0.2) is 13.2 Å². The Morgan fingerprint density at radius 2 is 1.78 bits per heavy atom. The summed E-state index contributed by atoms with van der Waals surface area (Å²) in [5.41, 5.74) is 2.23. The van der Waals surface area contributed by atoms with Crippen LogP contribution in [-0.2, 0) is 26.0 Å². The lowest BCUT2D eigenvalue weighted by atomic mass is 10.1. The van der Waals surface area contributed by atoms with Crippen LogP contribution in [0.3, 0.4) is 0 Å². The molecule has 0 unspecified atom stereocenters. The number of esters is 1. The molecule has 1 amide bonds. The maximum absolute atomic E-state index is 12.7. The summed E-state index contributed by atoms with van der Waals surface area (Å²) >= 11 is 6.09. The van der Waals surface area contributed by atoms with Gasteiger partial charge in [0.1, 0.15) is 6.61 Å². The van der Waals surface area contributed by atoms with Gasteiger partial charge in [-0.3, -0.25) is 4.79 Å². The minimum absolute atomic E-state index is 0.0140. The lowest BCUT2D eigenvalue weighted by Crippen LogP contribution is -2.29. The van der Waals surface area contributed by atoms with E-state index in [2.05, 4.69) is 5.32 Å². The topological polar surface area (TPSA) is 92.8 Å². The first-order chi connectivity index (χ1) is 15.3. The van der Waals surface area contributed by atoms with Crippen LogP contribution in [0.2, 0.25) is 5.02 Å². The molecule has 1 aliphatic heterocycles. The lowest BCUT2D eigenvalue weighted by Gasteiger charge is -2.16. The monoisotopic (exact) mass is 478 g/mol. The molecule has 3 rings (SSSR count). The van der Waals surface area contributed by atoms with Crippen LogP contribution in [0.1, 0.15) is 40.7 Å². The Morgan fingerprint density at radius 1 is 1.09 bits per heavy atom. The molecule has 0 radical (unpaired) electrons. The summed E-state index contributed by atoms with van der Waals surface area (Å²) in [7, 11) is -3.67. The van der Waals surface area contributed by atoms with E-state index >= 15 is 0 Å². The molecule has 0 aliphatic carbocycles. The van der Waals surface area contributed by atoms with Gasteiger partial charge in [0.25, 0.3) is 0 Å². The summed E-state index contributed by atoms with van der Waals surface area (Å²) < 4.78 is 32.0. The quantitative estimate of drug-likeness (QED) is 0.440. The molecule has 172 valence electrons. The number of rotatable bonds is 9. The van der Waals surface area contributed by atoms with E-state index in [9.17, 15) is 18.0 Å². The van der Waals surface area contributed by atoms with E-state index in [-0.39, 0.29) is 34.5 Å². The van der Waals surface area contributed by atoms with Crippen LogP contribution in [0, 0.1) is 6.92 Å². The average molecular weight is 479 g/mol. The van der Waals surface area contributed by atoms with Crippen molar-refractivity contribution in [2.75, 3.05) is 26.2 Å². The van der Waals surface area contributed by atoms with Crippen LogP contribution in [-0.4, -0.2) is 50.8 Å². The van der Waals surface area contributed by atoms with Gasteiger partial charge in [-0.15, -0.1) is 0 Å². The zero-order valence-corrected chi connectivity index (χ0v) is 19.5. The number of nitrogens with one attached hydrogen (secondary N) is 1. The zero-order chi connectivity index (χ0) is 23.1. The van der Waals surface area contributed by atoms with E-state index in [1.165, 1.54) is 28.1 Å². The van der Waals surface area contributed by atoms with Gasteiger partial charge < -0.3 is 10.1 Å². The SMILES string of the molecule is Cc1ccc(CCC(=O)NCCOC(=O)c2cc(S(=O)(=O)N3CCCC3)ccc2Cl)cc1. The maximum atomic E-state index is 12.7.